The Morgan fingerprint density at radius 3 is 2.47 bits per heavy atom. The zero-order valence-corrected chi connectivity index (χ0v) is 12.1. The molecule has 2 nitrogen and oxygen atoms in total. The summed E-state index contributed by atoms with van der Waals surface area (Å²) in [6, 6.07) is 13.0. The predicted molar refractivity (Wildman–Crippen MR) is 80.1 cm³/mol. The molecule has 0 saturated heterocycles. The van der Waals surface area contributed by atoms with E-state index in [0.717, 1.165) is 21.9 Å². The number of hydrogen-bond acceptors (Lipinski definition) is 2. The molecule has 2 aromatic carbocycles. The van der Waals surface area contributed by atoms with Gasteiger partial charge >= 0.3 is 0 Å². The molecule has 0 heterocycles. The first kappa shape index (κ1) is 14.2. The number of nitrogens with two attached hydrogens (primary N) is 1. The lowest BCUT2D eigenvalue weighted by molar-refractivity contribution is 0.414. The van der Waals surface area contributed by atoms with E-state index >= 15 is 0 Å². The van der Waals surface area contributed by atoms with Crippen LogP contribution in [0.3, 0.4) is 0 Å². The summed E-state index contributed by atoms with van der Waals surface area (Å²) in [7, 11) is 1.61. The Morgan fingerprint density at radius 1 is 1.11 bits per heavy atom. The smallest absolute Gasteiger partial charge is 0.120 e. The molecule has 4 heteroatoms. The minimum Gasteiger partial charge on any atom is -0.497 e. The largest absolute Gasteiger partial charge is 0.497 e. The summed E-state index contributed by atoms with van der Waals surface area (Å²) in [6.07, 6.45) is 0.645. The molecule has 0 aliphatic heterocycles. The van der Waals surface area contributed by atoms with E-state index in [0.29, 0.717) is 11.4 Å². The summed E-state index contributed by atoms with van der Waals surface area (Å²) in [4.78, 5) is 0. The van der Waals surface area contributed by atoms with E-state index in [2.05, 4.69) is 0 Å². The van der Waals surface area contributed by atoms with Crippen LogP contribution in [0.4, 0.5) is 0 Å². The van der Waals surface area contributed by atoms with Gasteiger partial charge in [0, 0.05) is 16.1 Å². The first-order valence-corrected chi connectivity index (χ1v) is 6.70. The first-order chi connectivity index (χ1) is 9.11. The molecule has 1 atom stereocenters. The standard InChI is InChI=1S/C15H15Cl2NO/c1-19-11-6-7-12(14(17)9-11)15(18)8-10-4-2-3-5-13(10)16/h2-7,9,15H,8,18H2,1H3. The highest BCUT2D eigenvalue weighted by atomic mass is 35.5. The Balaban J connectivity index is 2.21. The van der Waals surface area contributed by atoms with Crippen LogP contribution in [0.25, 0.3) is 0 Å². The fourth-order valence-electron chi connectivity index (χ4n) is 1.95. The number of benzene rings is 2. The summed E-state index contributed by atoms with van der Waals surface area (Å²) >= 11 is 12.4. The molecule has 0 saturated carbocycles. The van der Waals surface area contributed by atoms with Gasteiger partial charge in [-0.1, -0.05) is 47.5 Å². The maximum absolute atomic E-state index is 6.22. The van der Waals surface area contributed by atoms with Crippen LogP contribution in [0, 0.1) is 0 Å². The van der Waals surface area contributed by atoms with Gasteiger partial charge in [-0.2, -0.15) is 0 Å². The lowest BCUT2D eigenvalue weighted by atomic mass is 9.99. The molecular formula is C15H15Cl2NO. The van der Waals surface area contributed by atoms with Crippen LogP contribution in [-0.2, 0) is 6.42 Å². The van der Waals surface area contributed by atoms with E-state index in [4.69, 9.17) is 33.7 Å². The van der Waals surface area contributed by atoms with Crippen molar-refractivity contribution < 1.29 is 4.74 Å². The normalized spacial score (nSPS) is 12.2. The van der Waals surface area contributed by atoms with Crippen molar-refractivity contribution in [2.75, 3.05) is 7.11 Å². The van der Waals surface area contributed by atoms with Gasteiger partial charge < -0.3 is 10.5 Å². The lowest BCUT2D eigenvalue weighted by Crippen LogP contribution is -2.14. The molecule has 0 aliphatic rings. The number of rotatable bonds is 4. The second-order valence-corrected chi connectivity index (χ2v) is 5.10. The highest BCUT2D eigenvalue weighted by Gasteiger charge is 2.13. The Morgan fingerprint density at radius 2 is 1.84 bits per heavy atom. The van der Waals surface area contributed by atoms with Crippen LogP contribution in [-0.4, -0.2) is 7.11 Å². The van der Waals surface area contributed by atoms with Crippen molar-refractivity contribution >= 4 is 23.2 Å². The second kappa shape index (κ2) is 6.29. The number of halogens is 2. The van der Waals surface area contributed by atoms with Crippen molar-refractivity contribution in [3.05, 3.63) is 63.6 Å². The Kier molecular flexibility index (Phi) is 4.70. The van der Waals surface area contributed by atoms with Crippen molar-refractivity contribution in [3.8, 4) is 5.75 Å². The van der Waals surface area contributed by atoms with Gasteiger partial charge in [-0.25, -0.2) is 0 Å². The third-order valence-electron chi connectivity index (χ3n) is 3.00. The molecule has 0 bridgehead atoms. The van der Waals surface area contributed by atoms with Gasteiger partial charge in [-0.05, 0) is 35.7 Å². The molecule has 2 aromatic rings. The summed E-state index contributed by atoms with van der Waals surface area (Å²) in [5.74, 6) is 0.721. The SMILES string of the molecule is COc1ccc(C(N)Cc2ccccc2Cl)c(Cl)c1. The molecule has 0 radical (unpaired) electrons. The predicted octanol–water partition coefficient (Wildman–Crippen LogP) is 4.24. The molecular weight excluding hydrogens is 281 g/mol. The molecule has 2 N–H and O–H groups in total. The van der Waals surface area contributed by atoms with Crippen molar-refractivity contribution in [2.45, 2.75) is 12.5 Å². The summed E-state index contributed by atoms with van der Waals surface area (Å²) in [6.45, 7) is 0. The number of hydrogen-bond donors (Lipinski definition) is 1. The monoisotopic (exact) mass is 295 g/mol. The molecule has 2 rings (SSSR count). The van der Waals surface area contributed by atoms with Crippen LogP contribution in [0.5, 0.6) is 5.75 Å². The molecule has 0 fully saturated rings. The van der Waals surface area contributed by atoms with Crippen molar-refractivity contribution in [1.29, 1.82) is 0 Å². The van der Waals surface area contributed by atoms with Gasteiger partial charge in [-0.15, -0.1) is 0 Å². The Bertz CT molecular complexity index is 572. The maximum atomic E-state index is 6.22. The average molecular weight is 296 g/mol. The minimum absolute atomic E-state index is 0.196. The van der Waals surface area contributed by atoms with Crippen molar-refractivity contribution in [3.63, 3.8) is 0 Å². The van der Waals surface area contributed by atoms with Gasteiger partial charge in [0.2, 0.25) is 0 Å². The molecule has 0 amide bonds. The van der Waals surface area contributed by atoms with E-state index in [1.807, 2.05) is 36.4 Å². The summed E-state index contributed by atoms with van der Waals surface area (Å²) < 4.78 is 5.12. The van der Waals surface area contributed by atoms with Crippen LogP contribution in [0.15, 0.2) is 42.5 Å². The molecule has 0 aromatic heterocycles. The summed E-state index contributed by atoms with van der Waals surface area (Å²) in [5.41, 5.74) is 8.11. The molecule has 19 heavy (non-hydrogen) atoms. The zero-order valence-electron chi connectivity index (χ0n) is 10.6. The van der Waals surface area contributed by atoms with E-state index < -0.39 is 0 Å². The molecule has 0 spiro atoms. The first-order valence-electron chi connectivity index (χ1n) is 5.94. The Hall–Kier alpha value is -1.22. The van der Waals surface area contributed by atoms with Gasteiger partial charge in [-0.3, -0.25) is 0 Å². The van der Waals surface area contributed by atoms with Gasteiger partial charge in [0.25, 0.3) is 0 Å². The zero-order chi connectivity index (χ0) is 13.8. The molecule has 100 valence electrons. The van der Waals surface area contributed by atoms with Crippen molar-refractivity contribution in [2.24, 2.45) is 5.73 Å². The second-order valence-electron chi connectivity index (χ2n) is 4.29. The maximum Gasteiger partial charge on any atom is 0.120 e. The van der Waals surface area contributed by atoms with Crippen LogP contribution in [0.2, 0.25) is 10.0 Å². The van der Waals surface area contributed by atoms with Gasteiger partial charge in [0.1, 0.15) is 5.75 Å². The highest BCUT2D eigenvalue weighted by Crippen LogP contribution is 2.29. The minimum atomic E-state index is -0.196. The molecule has 1 unspecified atom stereocenters. The van der Waals surface area contributed by atoms with E-state index in [9.17, 15) is 0 Å². The Labute approximate surface area is 123 Å². The third kappa shape index (κ3) is 3.41. The topological polar surface area (TPSA) is 35.2 Å². The number of methoxy groups -OCH3 is 1. The fraction of sp³-hybridized carbons (Fsp3) is 0.200. The average Bonchev–Trinajstić information content (AvgIpc) is 2.41. The lowest BCUT2D eigenvalue weighted by Gasteiger charge is -2.15. The summed E-state index contributed by atoms with van der Waals surface area (Å²) in [5, 5.41) is 1.33. The van der Waals surface area contributed by atoms with Crippen LogP contribution >= 0.6 is 23.2 Å². The quantitative estimate of drug-likeness (QED) is 0.915. The highest BCUT2D eigenvalue weighted by molar-refractivity contribution is 6.32. The van der Waals surface area contributed by atoms with E-state index in [1.54, 1.807) is 13.2 Å². The van der Waals surface area contributed by atoms with Crippen LogP contribution in [0.1, 0.15) is 17.2 Å². The fourth-order valence-corrected chi connectivity index (χ4v) is 2.47. The van der Waals surface area contributed by atoms with Gasteiger partial charge in [0.05, 0.1) is 7.11 Å². The van der Waals surface area contributed by atoms with Gasteiger partial charge in [0.15, 0.2) is 0 Å². The molecule has 0 aliphatic carbocycles. The third-order valence-corrected chi connectivity index (χ3v) is 3.70. The van der Waals surface area contributed by atoms with Crippen molar-refractivity contribution in [1.82, 2.24) is 0 Å². The van der Waals surface area contributed by atoms with E-state index in [-0.39, 0.29) is 6.04 Å². The van der Waals surface area contributed by atoms with Crippen LogP contribution < -0.4 is 10.5 Å². The number of ether oxygens (including phenoxy) is 1. The van der Waals surface area contributed by atoms with E-state index in [1.165, 1.54) is 0 Å².